The van der Waals surface area contributed by atoms with Crippen LogP contribution in [0.2, 0.25) is 0 Å². The van der Waals surface area contributed by atoms with Crippen molar-refractivity contribution >= 4 is 5.78 Å². The molecule has 1 aromatic carbocycles. The van der Waals surface area contributed by atoms with Gasteiger partial charge in [-0.25, -0.2) is 8.78 Å². The largest absolute Gasteiger partial charge is 0.375 e. The molecular weight excluding hydrogens is 226 g/mol. The van der Waals surface area contributed by atoms with E-state index in [2.05, 4.69) is 4.74 Å². The molecule has 0 aromatic heterocycles. The zero-order valence-electron chi connectivity index (χ0n) is 9.57. The molecule has 1 rings (SSSR count). The first-order chi connectivity index (χ1) is 8.18. The van der Waals surface area contributed by atoms with Crippen LogP contribution in [0.15, 0.2) is 30.3 Å². The van der Waals surface area contributed by atoms with E-state index in [4.69, 9.17) is 0 Å². The summed E-state index contributed by atoms with van der Waals surface area (Å²) in [5, 5.41) is 0. The molecule has 0 bridgehead atoms. The number of hydrogen-bond donors (Lipinski definition) is 0. The Bertz CT molecular complexity index is 325. The molecule has 1 aromatic rings. The molecule has 17 heavy (non-hydrogen) atoms. The normalized spacial score (nSPS) is 10.8. The van der Waals surface area contributed by atoms with E-state index < -0.39 is 13.0 Å². The van der Waals surface area contributed by atoms with Crippen LogP contribution in [0, 0.1) is 0 Å². The smallest absolute Gasteiger partial charge is 0.261 e. The van der Waals surface area contributed by atoms with Gasteiger partial charge in [0.1, 0.15) is 12.4 Å². The SMILES string of the molecule is O=C(CCOCC(F)F)CCc1ccccc1. The Kier molecular flexibility index (Phi) is 6.40. The van der Waals surface area contributed by atoms with Gasteiger partial charge in [-0.15, -0.1) is 0 Å². The maximum absolute atomic E-state index is 11.7. The van der Waals surface area contributed by atoms with Crippen LogP contribution in [-0.2, 0) is 16.0 Å². The summed E-state index contributed by atoms with van der Waals surface area (Å²) in [5.41, 5.74) is 1.11. The molecule has 0 spiro atoms. The second-order valence-corrected chi connectivity index (χ2v) is 3.74. The van der Waals surface area contributed by atoms with Crippen LogP contribution in [0.4, 0.5) is 8.78 Å². The minimum Gasteiger partial charge on any atom is -0.375 e. The summed E-state index contributed by atoms with van der Waals surface area (Å²) in [7, 11) is 0. The third-order valence-corrected chi connectivity index (χ3v) is 2.30. The van der Waals surface area contributed by atoms with Gasteiger partial charge in [0.15, 0.2) is 0 Å². The maximum atomic E-state index is 11.7. The number of aryl methyl sites for hydroxylation is 1. The van der Waals surface area contributed by atoms with Gasteiger partial charge < -0.3 is 4.74 Å². The summed E-state index contributed by atoms with van der Waals surface area (Å²) in [5.74, 6) is 0.0446. The molecule has 0 fully saturated rings. The molecular formula is C13H16F2O2. The van der Waals surface area contributed by atoms with Crippen LogP contribution < -0.4 is 0 Å². The van der Waals surface area contributed by atoms with E-state index >= 15 is 0 Å². The van der Waals surface area contributed by atoms with E-state index in [1.807, 2.05) is 30.3 Å². The fourth-order valence-electron chi connectivity index (χ4n) is 1.41. The standard InChI is InChI=1S/C13H16F2O2/c14-13(15)10-17-9-8-12(16)7-6-11-4-2-1-3-5-11/h1-5,13H,6-10H2. The third kappa shape index (κ3) is 6.79. The van der Waals surface area contributed by atoms with Crippen molar-refractivity contribution in [2.75, 3.05) is 13.2 Å². The van der Waals surface area contributed by atoms with Crippen molar-refractivity contribution in [2.45, 2.75) is 25.7 Å². The van der Waals surface area contributed by atoms with Crippen LogP contribution in [-0.4, -0.2) is 25.4 Å². The number of ketones is 1. The van der Waals surface area contributed by atoms with Crippen molar-refractivity contribution in [1.29, 1.82) is 0 Å². The molecule has 0 unspecified atom stereocenters. The molecule has 0 amide bonds. The fraction of sp³-hybridized carbons (Fsp3) is 0.462. The van der Waals surface area contributed by atoms with Crippen molar-refractivity contribution < 1.29 is 18.3 Å². The predicted octanol–water partition coefficient (Wildman–Crippen LogP) is 2.86. The predicted molar refractivity (Wildman–Crippen MR) is 61.2 cm³/mol. The Morgan fingerprint density at radius 1 is 1.18 bits per heavy atom. The van der Waals surface area contributed by atoms with E-state index in [1.165, 1.54) is 0 Å². The van der Waals surface area contributed by atoms with Gasteiger partial charge in [-0.05, 0) is 12.0 Å². The zero-order chi connectivity index (χ0) is 12.5. The third-order valence-electron chi connectivity index (χ3n) is 2.30. The van der Waals surface area contributed by atoms with Crippen LogP contribution in [0.25, 0.3) is 0 Å². The molecule has 0 N–H and O–H groups in total. The highest BCUT2D eigenvalue weighted by atomic mass is 19.3. The average molecular weight is 242 g/mol. The highest BCUT2D eigenvalue weighted by molar-refractivity contribution is 5.78. The van der Waals surface area contributed by atoms with E-state index in [1.54, 1.807) is 0 Å². The number of benzene rings is 1. The van der Waals surface area contributed by atoms with Crippen molar-refractivity contribution in [3.63, 3.8) is 0 Å². The molecule has 94 valence electrons. The molecule has 0 saturated carbocycles. The Balaban J connectivity index is 2.09. The molecule has 0 aliphatic carbocycles. The van der Waals surface area contributed by atoms with Gasteiger partial charge in [0.05, 0.1) is 6.61 Å². The van der Waals surface area contributed by atoms with Crippen molar-refractivity contribution in [1.82, 2.24) is 0 Å². The quantitative estimate of drug-likeness (QED) is 0.655. The maximum Gasteiger partial charge on any atom is 0.261 e. The lowest BCUT2D eigenvalue weighted by atomic mass is 10.1. The fourth-order valence-corrected chi connectivity index (χ4v) is 1.41. The van der Waals surface area contributed by atoms with E-state index in [0.717, 1.165) is 5.56 Å². The summed E-state index contributed by atoms with van der Waals surface area (Å²) in [4.78, 5) is 11.4. The van der Waals surface area contributed by atoms with Gasteiger partial charge in [0.2, 0.25) is 0 Å². The first-order valence-corrected chi connectivity index (χ1v) is 5.60. The topological polar surface area (TPSA) is 26.3 Å². The summed E-state index contributed by atoms with van der Waals surface area (Å²) in [6.07, 6.45) is -1.13. The lowest BCUT2D eigenvalue weighted by Crippen LogP contribution is -2.09. The number of alkyl halides is 2. The molecule has 0 radical (unpaired) electrons. The Morgan fingerprint density at radius 2 is 1.88 bits per heavy atom. The second kappa shape index (κ2) is 7.90. The first-order valence-electron chi connectivity index (χ1n) is 5.60. The van der Waals surface area contributed by atoms with Gasteiger partial charge >= 0.3 is 0 Å². The van der Waals surface area contributed by atoms with Crippen LogP contribution in [0.1, 0.15) is 18.4 Å². The minimum absolute atomic E-state index is 0.0446. The van der Waals surface area contributed by atoms with Gasteiger partial charge in [-0.2, -0.15) is 0 Å². The summed E-state index contributed by atoms with van der Waals surface area (Å²) in [6.45, 7) is -0.510. The molecule has 0 atom stereocenters. The number of hydrogen-bond acceptors (Lipinski definition) is 2. The van der Waals surface area contributed by atoms with Gasteiger partial charge in [-0.3, -0.25) is 4.79 Å². The zero-order valence-corrected chi connectivity index (χ0v) is 9.57. The molecule has 0 aliphatic heterocycles. The number of carbonyl (C=O) groups is 1. The minimum atomic E-state index is -2.46. The van der Waals surface area contributed by atoms with Gasteiger partial charge in [0, 0.05) is 12.8 Å². The Morgan fingerprint density at radius 3 is 2.53 bits per heavy atom. The van der Waals surface area contributed by atoms with Crippen LogP contribution >= 0.6 is 0 Å². The average Bonchev–Trinajstić information content (AvgIpc) is 2.33. The van der Waals surface area contributed by atoms with Crippen LogP contribution in [0.5, 0.6) is 0 Å². The lowest BCUT2D eigenvalue weighted by molar-refractivity contribution is -0.120. The molecule has 2 nitrogen and oxygen atoms in total. The summed E-state index contributed by atoms with van der Waals surface area (Å²) >= 11 is 0. The summed E-state index contributed by atoms with van der Waals surface area (Å²) in [6, 6.07) is 9.68. The summed E-state index contributed by atoms with van der Waals surface area (Å²) < 4.78 is 28.1. The highest BCUT2D eigenvalue weighted by Gasteiger charge is 2.05. The highest BCUT2D eigenvalue weighted by Crippen LogP contribution is 2.04. The van der Waals surface area contributed by atoms with Gasteiger partial charge in [-0.1, -0.05) is 30.3 Å². The second-order valence-electron chi connectivity index (χ2n) is 3.74. The van der Waals surface area contributed by atoms with E-state index in [0.29, 0.717) is 12.8 Å². The van der Waals surface area contributed by atoms with E-state index in [9.17, 15) is 13.6 Å². The molecule has 0 aliphatic rings. The molecule has 0 saturated heterocycles. The van der Waals surface area contributed by atoms with Crippen LogP contribution in [0.3, 0.4) is 0 Å². The Hall–Kier alpha value is -1.29. The Labute approximate surface area is 99.6 Å². The molecule has 0 heterocycles. The van der Waals surface area contributed by atoms with Gasteiger partial charge in [0.25, 0.3) is 6.43 Å². The number of halogens is 2. The van der Waals surface area contributed by atoms with Crippen molar-refractivity contribution in [3.05, 3.63) is 35.9 Å². The van der Waals surface area contributed by atoms with Crippen molar-refractivity contribution in [3.8, 4) is 0 Å². The number of ether oxygens (including phenoxy) is 1. The number of rotatable bonds is 8. The molecule has 4 heteroatoms. The monoisotopic (exact) mass is 242 g/mol. The van der Waals surface area contributed by atoms with Crippen molar-refractivity contribution in [2.24, 2.45) is 0 Å². The number of carbonyl (C=O) groups excluding carboxylic acids is 1. The lowest BCUT2D eigenvalue weighted by Gasteiger charge is -2.03. The van der Waals surface area contributed by atoms with E-state index in [-0.39, 0.29) is 18.8 Å². The first kappa shape index (κ1) is 13.8. The number of Topliss-reactive ketones (excluding diaryl/α,β-unsaturated/α-hetero) is 1.